The van der Waals surface area contributed by atoms with Crippen molar-refractivity contribution in [2.45, 2.75) is 31.0 Å². The van der Waals surface area contributed by atoms with Gasteiger partial charge in [-0.1, -0.05) is 0 Å². The van der Waals surface area contributed by atoms with Crippen LogP contribution in [0.1, 0.15) is 13.2 Å². The van der Waals surface area contributed by atoms with E-state index >= 15 is 0 Å². The van der Waals surface area contributed by atoms with Gasteiger partial charge < -0.3 is 30.4 Å². The summed E-state index contributed by atoms with van der Waals surface area (Å²) in [6.07, 6.45) is -1.04. The fourth-order valence-electron chi connectivity index (χ4n) is 2.61. The molecule has 118 valence electrons. The molecule has 0 aromatic carbocycles. The highest BCUT2D eigenvalue weighted by molar-refractivity contribution is 5.84. The normalized spacial score (nSPS) is 31.7. The molecule has 1 aliphatic rings. The summed E-state index contributed by atoms with van der Waals surface area (Å²) in [6.45, 7) is 1.01. The van der Waals surface area contributed by atoms with Crippen LogP contribution in [-0.2, 0) is 4.74 Å². The maximum atomic E-state index is 11.9. The van der Waals surface area contributed by atoms with Crippen LogP contribution in [0.3, 0.4) is 0 Å². The number of hydrogen-bond donors (Lipinski definition) is 4. The van der Waals surface area contributed by atoms with Gasteiger partial charge in [0.25, 0.3) is 0 Å². The zero-order chi connectivity index (χ0) is 16.1. The fraction of sp³-hybridized carbons (Fsp3) is 0.462. The van der Waals surface area contributed by atoms with Crippen LogP contribution in [0.4, 0.5) is 5.82 Å². The van der Waals surface area contributed by atoms with Crippen molar-refractivity contribution in [3.8, 4) is 0 Å². The van der Waals surface area contributed by atoms with E-state index in [4.69, 9.17) is 10.5 Å². The van der Waals surface area contributed by atoms with E-state index in [1.165, 1.54) is 30.1 Å². The van der Waals surface area contributed by atoms with E-state index in [1.807, 2.05) is 0 Å². The highest BCUT2D eigenvalue weighted by Gasteiger charge is 2.51. The van der Waals surface area contributed by atoms with Crippen molar-refractivity contribution in [3.63, 3.8) is 0 Å². The van der Waals surface area contributed by atoms with Gasteiger partial charge in [0, 0.05) is 12.3 Å². The molecule has 1 fully saturated rings. The molecule has 0 unspecified atom stereocenters. The third-order valence-electron chi connectivity index (χ3n) is 3.95. The Morgan fingerprint density at radius 2 is 2.18 bits per heavy atom. The quantitative estimate of drug-likeness (QED) is 0.518. The van der Waals surface area contributed by atoms with Crippen LogP contribution in [-0.4, -0.2) is 54.3 Å². The van der Waals surface area contributed by atoms with Gasteiger partial charge in [-0.25, -0.2) is 9.97 Å². The van der Waals surface area contributed by atoms with Crippen LogP contribution in [0.2, 0.25) is 0 Å². The van der Waals surface area contributed by atoms with Crippen molar-refractivity contribution in [1.29, 1.82) is 0 Å². The lowest BCUT2D eigenvalue weighted by Gasteiger charge is -2.24. The van der Waals surface area contributed by atoms with Gasteiger partial charge in [-0.05, 0) is 6.92 Å². The topological polar surface area (TPSA) is 144 Å². The number of ether oxygens (including phenoxy) is 1. The first-order chi connectivity index (χ1) is 10.4. The molecule has 0 spiro atoms. The molecule has 22 heavy (non-hydrogen) atoms. The lowest BCUT2D eigenvalue weighted by atomic mass is 9.99. The molecule has 3 rings (SSSR count). The first kappa shape index (κ1) is 14.9. The number of aliphatic hydroxyl groups excluding tert-OH is 3. The second kappa shape index (κ2) is 4.99. The average Bonchev–Trinajstić information content (AvgIpc) is 2.73. The lowest BCUT2D eigenvalue weighted by molar-refractivity contribution is -0.115. The van der Waals surface area contributed by atoms with Crippen molar-refractivity contribution < 1.29 is 20.1 Å². The van der Waals surface area contributed by atoms with Crippen LogP contribution >= 0.6 is 0 Å². The summed E-state index contributed by atoms with van der Waals surface area (Å²) < 4.78 is 7.00. The van der Waals surface area contributed by atoms with E-state index in [9.17, 15) is 20.1 Å². The van der Waals surface area contributed by atoms with Crippen LogP contribution in [0.5, 0.6) is 0 Å². The molecule has 1 aliphatic heterocycles. The number of pyridine rings is 1. The van der Waals surface area contributed by atoms with Crippen LogP contribution in [0.15, 0.2) is 23.4 Å². The molecule has 5 N–H and O–H groups in total. The Balaban J connectivity index is 2.18. The monoisotopic (exact) mass is 308 g/mol. The van der Waals surface area contributed by atoms with Gasteiger partial charge in [-0.2, -0.15) is 0 Å². The van der Waals surface area contributed by atoms with E-state index < -0.39 is 30.6 Å². The number of aromatic nitrogens is 3. The first-order valence-electron chi connectivity index (χ1n) is 6.65. The number of anilines is 1. The Morgan fingerprint density at radius 3 is 2.82 bits per heavy atom. The van der Waals surface area contributed by atoms with Crippen molar-refractivity contribution in [1.82, 2.24) is 14.5 Å². The number of hydrogen-bond acceptors (Lipinski definition) is 8. The molecule has 3 heterocycles. The molecule has 4 atom stereocenters. The van der Waals surface area contributed by atoms with Crippen LogP contribution < -0.4 is 11.2 Å². The van der Waals surface area contributed by atoms with Gasteiger partial charge >= 0.3 is 0 Å². The van der Waals surface area contributed by atoms with E-state index in [1.54, 1.807) is 0 Å². The third kappa shape index (κ3) is 1.98. The molecule has 1 saturated heterocycles. The second-order valence-electron chi connectivity index (χ2n) is 5.46. The minimum Gasteiger partial charge on any atom is -0.393 e. The average molecular weight is 308 g/mol. The SMILES string of the molecule is C[C@]1(CO)O[C@@H](n2ccc(=O)c3c(N)ncnc32)[C@H](O)[C@@H]1O. The third-order valence-corrected chi connectivity index (χ3v) is 3.95. The molecule has 0 saturated carbocycles. The van der Waals surface area contributed by atoms with Gasteiger partial charge in [0.05, 0.1) is 6.61 Å². The summed E-state index contributed by atoms with van der Waals surface area (Å²) in [4.78, 5) is 19.7. The number of aliphatic hydroxyl groups is 3. The molecule has 0 amide bonds. The molecule has 9 heteroatoms. The standard InChI is InChI=1S/C13H16N4O5/c1-13(4-18)9(21)8(20)12(22-13)17-3-2-6(19)7-10(14)15-5-16-11(7)17/h2-3,5,8-9,12,18,20-21H,4H2,1H3,(H2,14,15,16)/t8-,9+,12-,13-/m1/s1. The fourth-order valence-corrected chi connectivity index (χ4v) is 2.61. The smallest absolute Gasteiger partial charge is 0.194 e. The van der Waals surface area contributed by atoms with Crippen LogP contribution in [0.25, 0.3) is 11.0 Å². The Hall–Kier alpha value is -2.07. The van der Waals surface area contributed by atoms with Crippen molar-refractivity contribution in [2.75, 3.05) is 12.3 Å². The molecule has 0 radical (unpaired) electrons. The highest BCUT2D eigenvalue weighted by Crippen LogP contribution is 2.37. The first-order valence-corrected chi connectivity index (χ1v) is 6.65. The number of rotatable bonds is 2. The van der Waals surface area contributed by atoms with E-state index in [-0.39, 0.29) is 22.3 Å². The zero-order valence-electron chi connectivity index (χ0n) is 11.7. The van der Waals surface area contributed by atoms with Crippen molar-refractivity contribution >= 4 is 16.9 Å². The summed E-state index contributed by atoms with van der Waals surface area (Å²) in [5.74, 6) is 0.0160. The second-order valence-corrected chi connectivity index (χ2v) is 5.46. The maximum Gasteiger partial charge on any atom is 0.194 e. The van der Waals surface area contributed by atoms with E-state index in [2.05, 4.69) is 9.97 Å². The molecule has 0 bridgehead atoms. The van der Waals surface area contributed by atoms with Gasteiger partial charge in [0.2, 0.25) is 0 Å². The Kier molecular flexibility index (Phi) is 3.37. The van der Waals surface area contributed by atoms with E-state index in [0.29, 0.717) is 0 Å². The number of nitrogen functional groups attached to an aromatic ring is 1. The van der Waals surface area contributed by atoms with Gasteiger partial charge in [0.1, 0.15) is 35.3 Å². The molecular weight excluding hydrogens is 292 g/mol. The molecule has 2 aromatic rings. The van der Waals surface area contributed by atoms with Crippen LogP contribution in [0, 0.1) is 0 Å². The number of fused-ring (bicyclic) bond motifs is 1. The molecule has 0 aliphatic carbocycles. The Morgan fingerprint density at radius 1 is 1.45 bits per heavy atom. The largest absolute Gasteiger partial charge is 0.393 e. The van der Waals surface area contributed by atoms with Crippen molar-refractivity contribution in [3.05, 3.63) is 28.8 Å². The summed E-state index contributed by atoms with van der Waals surface area (Å²) in [5.41, 5.74) is 4.21. The lowest BCUT2D eigenvalue weighted by Crippen LogP contribution is -2.43. The van der Waals surface area contributed by atoms with E-state index in [0.717, 1.165) is 0 Å². The zero-order valence-corrected chi connectivity index (χ0v) is 11.7. The summed E-state index contributed by atoms with van der Waals surface area (Å²) in [6, 6.07) is 1.25. The maximum absolute atomic E-state index is 11.9. The molecular formula is C13H16N4O5. The summed E-state index contributed by atoms with van der Waals surface area (Å²) in [7, 11) is 0. The van der Waals surface area contributed by atoms with Gasteiger partial charge in [-0.15, -0.1) is 0 Å². The summed E-state index contributed by atoms with van der Waals surface area (Å²) >= 11 is 0. The van der Waals surface area contributed by atoms with Gasteiger partial charge in [0.15, 0.2) is 17.3 Å². The predicted octanol–water partition coefficient (Wildman–Crippen LogP) is -1.62. The molecule has 2 aromatic heterocycles. The number of nitrogens with zero attached hydrogens (tertiary/aromatic N) is 3. The Bertz CT molecular complexity index is 779. The minimum atomic E-state index is -1.32. The minimum absolute atomic E-state index is 0.0160. The van der Waals surface area contributed by atoms with Crippen molar-refractivity contribution in [2.24, 2.45) is 0 Å². The number of nitrogens with two attached hydrogens (primary N) is 1. The summed E-state index contributed by atoms with van der Waals surface area (Å²) in [5, 5.41) is 29.8. The molecule has 9 nitrogen and oxygen atoms in total. The predicted molar refractivity (Wildman–Crippen MR) is 75.8 cm³/mol. The van der Waals surface area contributed by atoms with Gasteiger partial charge in [-0.3, -0.25) is 4.79 Å². The highest BCUT2D eigenvalue weighted by atomic mass is 16.6. The Labute approximate surface area is 124 Å².